The van der Waals surface area contributed by atoms with Crippen LogP contribution in [0.1, 0.15) is 0 Å². The van der Waals surface area contributed by atoms with E-state index < -0.39 is 31.8 Å². The second-order valence-electron chi connectivity index (χ2n) is 6.77. The predicted octanol–water partition coefficient (Wildman–Crippen LogP) is 6.00. The molecule has 0 N–H and O–H groups in total. The van der Waals surface area contributed by atoms with E-state index in [1.807, 2.05) is 0 Å². The Bertz CT molecular complexity index is 1270. The topological polar surface area (TPSA) is 129 Å². The minimum Gasteiger partial charge on any atom is -0.258 e. The number of nitro groups is 3. The van der Waals surface area contributed by atoms with Crippen molar-refractivity contribution in [3.63, 3.8) is 0 Å². The van der Waals surface area contributed by atoms with Gasteiger partial charge in [-0.3, -0.25) is 30.3 Å². The zero-order valence-electron chi connectivity index (χ0n) is 15.8. The SMILES string of the molecule is O=[N+]([O-])c1cc([N+](=O)[O-])cc([N+](=O)[O-])c1.c1cc2ccc3cccc4ccc(c1)c2c34. The molecule has 0 bridgehead atoms. The fourth-order valence-electron chi connectivity index (χ4n) is 3.57. The smallest absolute Gasteiger partial charge is 0.258 e. The molecule has 0 fully saturated rings. The molecule has 5 aromatic carbocycles. The molecular weight excluding hydrogens is 402 g/mol. The van der Waals surface area contributed by atoms with E-state index in [0.29, 0.717) is 18.2 Å². The molecular formula is C22H13N3O6. The van der Waals surface area contributed by atoms with Gasteiger partial charge in [-0.1, -0.05) is 60.7 Å². The maximum atomic E-state index is 10.3. The molecule has 152 valence electrons. The van der Waals surface area contributed by atoms with Gasteiger partial charge in [0.15, 0.2) is 0 Å². The van der Waals surface area contributed by atoms with Crippen molar-refractivity contribution in [2.45, 2.75) is 0 Å². The van der Waals surface area contributed by atoms with Gasteiger partial charge in [0, 0.05) is 0 Å². The van der Waals surface area contributed by atoms with Gasteiger partial charge in [0.25, 0.3) is 17.1 Å². The van der Waals surface area contributed by atoms with Gasteiger partial charge in [0.2, 0.25) is 0 Å². The van der Waals surface area contributed by atoms with Crippen molar-refractivity contribution >= 4 is 49.4 Å². The summed E-state index contributed by atoms with van der Waals surface area (Å²) in [7, 11) is 0. The lowest BCUT2D eigenvalue weighted by atomic mass is 9.95. The zero-order chi connectivity index (χ0) is 22.1. The highest BCUT2D eigenvalue weighted by Crippen LogP contribution is 2.33. The highest BCUT2D eigenvalue weighted by atomic mass is 16.6. The molecule has 0 radical (unpaired) electrons. The molecule has 0 atom stereocenters. The Morgan fingerprint density at radius 2 is 0.710 bits per heavy atom. The van der Waals surface area contributed by atoms with Crippen LogP contribution in [0, 0.1) is 30.3 Å². The van der Waals surface area contributed by atoms with Crippen LogP contribution in [0.5, 0.6) is 0 Å². The summed E-state index contributed by atoms with van der Waals surface area (Å²) < 4.78 is 0. The quantitative estimate of drug-likeness (QED) is 0.202. The van der Waals surface area contributed by atoms with Crippen LogP contribution in [0.4, 0.5) is 17.1 Å². The molecule has 5 aromatic rings. The van der Waals surface area contributed by atoms with Crippen molar-refractivity contribution in [1.29, 1.82) is 0 Å². The van der Waals surface area contributed by atoms with Gasteiger partial charge in [-0.25, -0.2) is 0 Å². The van der Waals surface area contributed by atoms with Crippen LogP contribution < -0.4 is 0 Å². The number of nitrogens with zero attached hydrogens (tertiary/aromatic N) is 3. The van der Waals surface area contributed by atoms with Gasteiger partial charge in [-0.05, 0) is 32.3 Å². The number of nitro benzene ring substituents is 3. The number of benzene rings is 5. The van der Waals surface area contributed by atoms with Crippen molar-refractivity contribution in [2.24, 2.45) is 0 Å². The van der Waals surface area contributed by atoms with Crippen LogP contribution >= 0.6 is 0 Å². The standard InChI is InChI=1S/C16H10.C6H3N3O6/c1-3-11-7-9-13-5-2-6-14-10-8-12(4-1)15(11)16(13)14;10-7(11)4-1-5(8(12)13)3-6(2-4)9(14)15/h1-10H;1-3H. The van der Waals surface area contributed by atoms with Crippen molar-refractivity contribution in [3.8, 4) is 0 Å². The highest BCUT2D eigenvalue weighted by molar-refractivity contribution is 6.22. The Labute approximate surface area is 173 Å². The lowest BCUT2D eigenvalue weighted by Crippen LogP contribution is -1.96. The number of hydrogen-bond acceptors (Lipinski definition) is 6. The molecule has 9 heteroatoms. The Hall–Kier alpha value is -4.66. The third-order valence-electron chi connectivity index (χ3n) is 4.91. The third-order valence-corrected chi connectivity index (χ3v) is 4.91. The van der Waals surface area contributed by atoms with Gasteiger partial charge >= 0.3 is 0 Å². The Balaban J connectivity index is 0.000000150. The molecule has 0 aliphatic heterocycles. The molecule has 0 saturated heterocycles. The molecule has 0 aliphatic carbocycles. The number of rotatable bonds is 3. The van der Waals surface area contributed by atoms with E-state index >= 15 is 0 Å². The zero-order valence-corrected chi connectivity index (χ0v) is 15.8. The summed E-state index contributed by atoms with van der Waals surface area (Å²) in [4.78, 5) is 28.1. The predicted molar refractivity (Wildman–Crippen MR) is 117 cm³/mol. The highest BCUT2D eigenvalue weighted by Gasteiger charge is 2.21. The van der Waals surface area contributed by atoms with E-state index in [-0.39, 0.29) is 0 Å². The fourth-order valence-corrected chi connectivity index (χ4v) is 3.57. The molecule has 0 spiro atoms. The summed E-state index contributed by atoms with van der Waals surface area (Å²) >= 11 is 0. The normalized spacial score (nSPS) is 10.7. The van der Waals surface area contributed by atoms with Crippen LogP contribution in [0.3, 0.4) is 0 Å². The second-order valence-corrected chi connectivity index (χ2v) is 6.77. The van der Waals surface area contributed by atoms with E-state index in [9.17, 15) is 30.3 Å². The molecule has 0 saturated carbocycles. The molecule has 9 nitrogen and oxygen atoms in total. The summed E-state index contributed by atoms with van der Waals surface area (Å²) in [6, 6.07) is 23.8. The van der Waals surface area contributed by atoms with E-state index in [2.05, 4.69) is 60.7 Å². The summed E-state index contributed by atoms with van der Waals surface area (Å²) in [6.07, 6.45) is 0. The third kappa shape index (κ3) is 3.67. The van der Waals surface area contributed by atoms with Crippen LogP contribution in [0.2, 0.25) is 0 Å². The molecule has 0 amide bonds. The van der Waals surface area contributed by atoms with E-state index in [4.69, 9.17) is 0 Å². The van der Waals surface area contributed by atoms with Gasteiger partial charge < -0.3 is 0 Å². The number of non-ortho nitro benzene ring substituents is 3. The molecule has 0 aromatic heterocycles. The molecule has 0 unspecified atom stereocenters. The van der Waals surface area contributed by atoms with Crippen molar-refractivity contribution < 1.29 is 14.8 Å². The summed E-state index contributed by atoms with van der Waals surface area (Å²) in [5.74, 6) is 0. The molecule has 0 heterocycles. The lowest BCUT2D eigenvalue weighted by molar-refractivity contribution is -0.403. The second kappa shape index (κ2) is 7.64. The van der Waals surface area contributed by atoms with E-state index in [1.165, 1.54) is 32.3 Å². The monoisotopic (exact) mass is 415 g/mol. The maximum Gasteiger partial charge on any atom is 0.283 e. The molecule has 31 heavy (non-hydrogen) atoms. The van der Waals surface area contributed by atoms with Gasteiger partial charge in [0.05, 0.1) is 33.0 Å². The van der Waals surface area contributed by atoms with Crippen LogP contribution in [0.15, 0.2) is 78.9 Å². The fraction of sp³-hybridized carbons (Fsp3) is 0. The average molecular weight is 415 g/mol. The first-order chi connectivity index (χ1) is 14.8. The maximum absolute atomic E-state index is 10.3. The summed E-state index contributed by atoms with van der Waals surface area (Å²) in [5, 5.41) is 39.1. The Kier molecular flexibility index (Phi) is 4.84. The summed E-state index contributed by atoms with van der Waals surface area (Å²) in [5.41, 5.74) is -2.05. The lowest BCUT2D eigenvalue weighted by Gasteiger charge is -2.09. The van der Waals surface area contributed by atoms with Gasteiger partial charge in [-0.15, -0.1) is 0 Å². The van der Waals surface area contributed by atoms with Crippen LogP contribution in [-0.2, 0) is 0 Å². The van der Waals surface area contributed by atoms with Crippen molar-refractivity contribution in [2.75, 3.05) is 0 Å². The minimum absolute atomic E-state index is 0.660. The van der Waals surface area contributed by atoms with Crippen molar-refractivity contribution in [3.05, 3.63) is 109 Å². The first kappa shape index (κ1) is 19.6. The minimum atomic E-state index is -0.931. The summed E-state index contributed by atoms with van der Waals surface area (Å²) in [6.45, 7) is 0. The average Bonchev–Trinajstić information content (AvgIpc) is 2.77. The van der Waals surface area contributed by atoms with Gasteiger partial charge in [-0.2, -0.15) is 0 Å². The van der Waals surface area contributed by atoms with E-state index in [1.54, 1.807) is 0 Å². The molecule has 0 aliphatic rings. The van der Waals surface area contributed by atoms with E-state index in [0.717, 1.165) is 0 Å². The largest absolute Gasteiger partial charge is 0.283 e. The van der Waals surface area contributed by atoms with Gasteiger partial charge in [0.1, 0.15) is 0 Å². The van der Waals surface area contributed by atoms with Crippen LogP contribution in [0.25, 0.3) is 32.3 Å². The first-order valence-electron chi connectivity index (χ1n) is 9.06. The molecule has 5 rings (SSSR count). The Morgan fingerprint density at radius 1 is 0.452 bits per heavy atom. The first-order valence-corrected chi connectivity index (χ1v) is 9.06. The number of hydrogen-bond donors (Lipinski definition) is 0. The van der Waals surface area contributed by atoms with Crippen molar-refractivity contribution in [1.82, 2.24) is 0 Å². The Morgan fingerprint density at radius 3 is 0.935 bits per heavy atom. The van der Waals surface area contributed by atoms with Crippen LogP contribution in [-0.4, -0.2) is 14.8 Å².